The number of carbonyl (C=O) groups excluding carboxylic acids is 1. The Labute approximate surface area is 156 Å². The summed E-state index contributed by atoms with van der Waals surface area (Å²) in [5.41, 5.74) is 3.24. The number of carboxylic acids is 1. The number of amides is 1. The lowest BCUT2D eigenvalue weighted by Gasteiger charge is -2.33. The van der Waals surface area contributed by atoms with Crippen LogP contribution in [-0.2, 0) is 20.7 Å². The zero-order chi connectivity index (χ0) is 18.8. The van der Waals surface area contributed by atoms with Gasteiger partial charge in [0, 0.05) is 22.8 Å². The number of aliphatic carboxylic acids is 1. The summed E-state index contributed by atoms with van der Waals surface area (Å²) in [6.45, 7) is 4.38. The van der Waals surface area contributed by atoms with Crippen molar-refractivity contribution in [1.82, 2.24) is 14.7 Å². The first-order valence-corrected chi connectivity index (χ1v) is 8.67. The first-order valence-electron chi connectivity index (χ1n) is 8.29. The summed E-state index contributed by atoms with van der Waals surface area (Å²) >= 11 is 5.93. The summed E-state index contributed by atoms with van der Waals surface area (Å²) in [5.74, 6) is -1.29. The third-order valence-corrected chi connectivity index (χ3v) is 4.83. The fourth-order valence-corrected chi connectivity index (χ4v) is 3.25. The summed E-state index contributed by atoms with van der Waals surface area (Å²) < 4.78 is 6.96. The SMILES string of the molecule is Cc1nn(-c2ccc(Cl)cc2)c(C)c1CC(=O)N1CCOCC1C(=O)O. The van der Waals surface area contributed by atoms with Crippen molar-refractivity contribution in [3.8, 4) is 5.69 Å². The van der Waals surface area contributed by atoms with Gasteiger partial charge in [-0.25, -0.2) is 9.48 Å². The van der Waals surface area contributed by atoms with E-state index in [9.17, 15) is 14.7 Å². The van der Waals surface area contributed by atoms with Crippen molar-refractivity contribution in [2.24, 2.45) is 0 Å². The summed E-state index contributed by atoms with van der Waals surface area (Å²) in [7, 11) is 0. The van der Waals surface area contributed by atoms with Crippen LogP contribution in [0.1, 0.15) is 17.0 Å². The van der Waals surface area contributed by atoms with Crippen molar-refractivity contribution in [1.29, 1.82) is 0 Å². The number of morpholine rings is 1. The Morgan fingerprint density at radius 1 is 1.31 bits per heavy atom. The highest BCUT2D eigenvalue weighted by Crippen LogP contribution is 2.21. The third kappa shape index (κ3) is 3.59. The van der Waals surface area contributed by atoms with Gasteiger partial charge in [-0.2, -0.15) is 5.10 Å². The van der Waals surface area contributed by atoms with Gasteiger partial charge >= 0.3 is 5.97 Å². The molecule has 0 radical (unpaired) electrons. The van der Waals surface area contributed by atoms with E-state index in [0.717, 1.165) is 22.6 Å². The van der Waals surface area contributed by atoms with Crippen LogP contribution >= 0.6 is 11.6 Å². The molecule has 0 aliphatic carbocycles. The van der Waals surface area contributed by atoms with Crippen LogP contribution in [0, 0.1) is 13.8 Å². The molecule has 8 heteroatoms. The van der Waals surface area contributed by atoms with Gasteiger partial charge in [0.05, 0.1) is 31.0 Å². The van der Waals surface area contributed by atoms with E-state index in [1.807, 2.05) is 26.0 Å². The fraction of sp³-hybridized carbons (Fsp3) is 0.389. The molecule has 1 amide bonds. The van der Waals surface area contributed by atoms with Gasteiger partial charge in [-0.3, -0.25) is 4.79 Å². The third-order valence-electron chi connectivity index (χ3n) is 4.57. The van der Waals surface area contributed by atoms with E-state index in [0.29, 0.717) is 11.6 Å². The number of hydrogen-bond donors (Lipinski definition) is 1. The van der Waals surface area contributed by atoms with Gasteiger partial charge in [0.15, 0.2) is 6.04 Å². The van der Waals surface area contributed by atoms with Gasteiger partial charge in [0.25, 0.3) is 0 Å². The lowest BCUT2D eigenvalue weighted by molar-refractivity contribution is -0.158. The Hall–Kier alpha value is -2.38. The van der Waals surface area contributed by atoms with E-state index in [2.05, 4.69) is 5.10 Å². The molecular weight excluding hydrogens is 358 g/mol. The molecule has 2 heterocycles. The van der Waals surface area contributed by atoms with Crippen molar-refractivity contribution in [3.63, 3.8) is 0 Å². The second-order valence-corrected chi connectivity index (χ2v) is 6.67. The Bertz CT molecular complexity index is 832. The molecule has 138 valence electrons. The van der Waals surface area contributed by atoms with E-state index in [1.54, 1.807) is 16.8 Å². The smallest absolute Gasteiger partial charge is 0.328 e. The molecule has 0 spiro atoms. The molecule has 1 aliphatic rings. The first-order chi connectivity index (χ1) is 12.4. The van der Waals surface area contributed by atoms with Crippen LogP contribution in [0.4, 0.5) is 0 Å². The average molecular weight is 378 g/mol. The van der Waals surface area contributed by atoms with Crippen LogP contribution in [0.15, 0.2) is 24.3 Å². The number of hydrogen-bond acceptors (Lipinski definition) is 4. The highest BCUT2D eigenvalue weighted by molar-refractivity contribution is 6.30. The molecule has 3 rings (SSSR count). The molecule has 7 nitrogen and oxygen atoms in total. The summed E-state index contributed by atoms with van der Waals surface area (Å²) in [6, 6.07) is 6.33. The zero-order valence-electron chi connectivity index (χ0n) is 14.6. The lowest BCUT2D eigenvalue weighted by Crippen LogP contribution is -2.53. The van der Waals surface area contributed by atoms with Gasteiger partial charge in [-0.15, -0.1) is 0 Å². The number of halogens is 1. The van der Waals surface area contributed by atoms with Gasteiger partial charge in [0.2, 0.25) is 5.91 Å². The molecule has 1 fully saturated rings. The van der Waals surface area contributed by atoms with E-state index < -0.39 is 12.0 Å². The minimum Gasteiger partial charge on any atom is -0.480 e. The van der Waals surface area contributed by atoms with Crippen LogP contribution < -0.4 is 0 Å². The van der Waals surface area contributed by atoms with Crippen molar-refractivity contribution in [3.05, 3.63) is 46.2 Å². The molecule has 1 saturated heterocycles. The molecular formula is C18H20ClN3O4. The lowest BCUT2D eigenvalue weighted by atomic mass is 10.1. The molecule has 1 aromatic carbocycles. The molecule has 1 atom stereocenters. The monoisotopic (exact) mass is 377 g/mol. The Morgan fingerprint density at radius 2 is 2.00 bits per heavy atom. The number of aromatic nitrogens is 2. The number of rotatable bonds is 4. The number of nitrogens with zero attached hydrogens (tertiary/aromatic N) is 3. The number of aryl methyl sites for hydroxylation is 1. The predicted octanol–water partition coefficient (Wildman–Crippen LogP) is 2.00. The quantitative estimate of drug-likeness (QED) is 0.880. The molecule has 1 aromatic heterocycles. The molecule has 2 aromatic rings. The van der Waals surface area contributed by atoms with Crippen LogP contribution in [0.5, 0.6) is 0 Å². The zero-order valence-corrected chi connectivity index (χ0v) is 15.4. The van der Waals surface area contributed by atoms with Crippen LogP contribution in [-0.4, -0.2) is 57.5 Å². The maximum absolute atomic E-state index is 12.7. The van der Waals surface area contributed by atoms with E-state index in [-0.39, 0.29) is 25.5 Å². The van der Waals surface area contributed by atoms with Crippen molar-refractivity contribution in [2.45, 2.75) is 26.3 Å². The Balaban J connectivity index is 1.84. The van der Waals surface area contributed by atoms with Crippen molar-refractivity contribution < 1.29 is 19.4 Å². The van der Waals surface area contributed by atoms with Crippen LogP contribution in [0.3, 0.4) is 0 Å². The number of ether oxygens (including phenoxy) is 1. The summed E-state index contributed by atoms with van der Waals surface area (Å²) in [5, 5.41) is 14.5. The topological polar surface area (TPSA) is 84.7 Å². The van der Waals surface area contributed by atoms with Gasteiger partial charge in [0.1, 0.15) is 0 Å². The number of carbonyl (C=O) groups is 2. The highest BCUT2D eigenvalue weighted by atomic mass is 35.5. The number of benzene rings is 1. The summed E-state index contributed by atoms with van der Waals surface area (Å²) in [4.78, 5) is 25.5. The van der Waals surface area contributed by atoms with E-state index in [4.69, 9.17) is 16.3 Å². The predicted molar refractivity (Wildman–Crippen MR) is 95.7 cm³/mol. The molecule has 1 unspecified atom stereocenters. The maximum Gasteiger partial charge on any atom is 0.328 e. The van der Waals surface area contributed by atoms with Crippen LogP contribution in [0.25, 0.3) is 5.69 Å². The maximum atomic E-state index is 12.7. The second-order valence-electron chi connectivity index (χ2n) is 6.23. The second kappa shape index (κ2) is 7.47. The molecule has 0 saturated carbocycles. The normalized spacial score (nSPS) is 17.3. The van der Waals surface area contributed by atoms with Crippen molar-refractivity contribution >= 4 is 23.5 Å². The molecule has 26 heavy (non-hydrogen) atoms. The fourth-order valence-electron chi connectivity index (χ4n) is 3.12. The summed E-state index contributed by atoms with van der Waals surface area (Å²) in [6.07, 6.45) is 0.106. The molecule has 0 bridgehead atoms. The van der Waals surface area contributed by atoms with Crippen molar-refractivity contribution in [2.75, 3.05) is 19.8 Å². The Kier molecular flexibility index (Phi) is 5.29. The minimum atomic E-state index is -1.05. The highest BCUT2D eigenvalue weighted by Gasteiger charge is 2.33. The van der Waals surface area contributed by atoms with Gasteiger partial charge < -0.3 is 14.7 Å². The number of carboxylic acid groups (broad SMARTS) is 1. The average Bonchev–Trinajstić information content (AvgIpc) is 2.90. The van der Waals surface area contributed by atoms with Gasteiger partial charge in [-0.05, 0) is 38.1 Å². The van der Waals surface area contributed by atoms with E-state index in [1.165, 1.54) is 4.90 Å². The first kappa shape index (κ1) is 18.4. The Morgan fingerprint density at radius 3 is 2.65 bits per heavy atom. The van der Waals surface area contributed by atoms with E-state index >= 15 is 0 Å². The minimum absolute atomic E-state index is 0.0169. The standard InChI is InChI=1S/C18H20ClN3O4/c1-11-15(9-17(23)21-7-8-26-10-16(21)18(24)25)12(2)22(20-11)14-5-3-13(19)4-6-14/h3-6,16H,7-10H2,1-2H3,(H,24,25). The van der Waals surface area contributed by atoms with Gasteiger partial charge in [-0.1, -0.05) is 11.6 Å². The molecule has 1 aliphatic heterocycles. The van der Waals surface area contributed by atoms with Crippen LogP contribution in [0.2, 0.25) is 5.02 Å². The largest absolute Gasteiger partial charge is 0.480 e. The molecule has 1 N–H and O–H groups in total.